The fraction of sp³-hybridized carbons (Fsp3) is 0.467. The average Bonchev–Trinajstić information content (AvgIpc) is 2.45. The topological polar surface area (TPSA) is 58.2 Å². The molecule has 0 aliphatic heterocycles. The molecule has 1 atom stereocenters. The molecule has 0 radical (unpaired) electrons. The Balaban J connectivity index is 2.65. The predicted molar refractivity (Wildman–Crippen MR) is 82.2 cm³/mol. The Bertz CT molecular complexity index is 463. The average molecular weight is 297 g/mol. The summed E-state index contributed by atoms with van der Waals surface area (Å²) in [5, 5.41) is 5.65. The van der Waals surface area contributed by atoms with Crippen molar-refractivity contribution in [2.75, 3.05) is 11.2 Å². The van der Waals surface area contributed by atoms with E-state index >= 15 is 0 Å². The van der Waals surface area contributed by atoms with Crippen molar-refractivity contribution in [1.82, 2.24) is 5.32 Å². The van der Waals surface area contributed by atoms with Crippen molar-refractivity contribution in [1.29, 1.82) is 0 Å². The second-order valence-electron chi connectivity index (χ2n) is 4.70. The molecule has 0 saturated heterocycles. The summed E-state index contributed by atoms with van der Waals surface area (Å²) in [6.45, 7) is 3.97. The van der Waals surface area contributed by atoms with E-state index in [1.807, 2.05) is 13.8 Å². The van der Waals surface area contributed by atoms with Crippen LogP contribution >= 0.6 is 11.6 Å². The molecule has 5 heteroatoms. The van der Waals surface area contributed by atoms with E-state index in [0.29, 0.717) is 30.0 Å². The van der Waals surface area contributed by atoms with Crippen LogP contribution in [0.25, 0.3) is 0 Å². The molecule has 1 aromatic carbocycles. The molecule has 110 valence electrons. The Morgan fingerprint density at radius 1 is 1.35 bits per heavy atom. The van der Waals surface area contributed by atoms with E-state index in [0.717, 1.165) is 6.42 Å². The first kappa shape index (κ1) is 16.5. The smallest absolute Gasteiger partial charge is 0.251 e. The molecule has 0 spiro atoms. The lowest BCUT2D eigenvalue weighted by Gasteiger charge is -2.12. The molecule has 0 fully saturated rings. The number of hydrogen-bond donors (Lipinski definition) is 2. The number of hydrogen-bond acceptors (Lipinski definition) is 2. The van der Waals surface area contributed by atoms with Crippen molar-refractivity contribution in [3.05, 3.63) is 29.8 Å². The summed E-state index contributed by atoms with van der Waals surface area (Å²) in [7, 11) is 0. The van der Waals surface area contributed by atoms with Crippen LogP contribution in [-0.2, 0) is 4.79 Å². The highest BCUT2D eigenvalue weighted by molar-refractivity contribution is 6.18. The van der Waals surface area contributed by atoms with Gasteiger partial charge >= 0.3 is 0 Å². The lowest BCUT2D eigenvalue weighted by molar-refractivity contribution is -0.116. The Morgan fingerprint density at radius 3 is 2.75 bits per heavy atom. The van der Waals surface area contributed by atoms with Gasteiger partial charge in [0.15, 0.2) is 0 Å². The maximum atomic E-state index is 12.0. The lowest BCUT2D eigenvalue weighted by Crippen LogP contribution is -2.31. The third-order valence-electron chi connectivity index (χ3n) is 2.94. The molecule has 2 N–H and O–H groups in total. The number of anilines is 1. The van der Waals surface area contributed by atoms with E-state index in [1.165, 1.54) is 0 Å². The molecule has 4 nitrogen and oxygen atoms in total. The maximum Gasteiger partial charge on any atom is 0.251 e. The first-order valence-electron chi connectivity index (χ1n) is 6.83. The SMILES string of the molecule is CCC(C)NC(=O)c1cccc(NC(=O)CCCCl)c1. The lowest BCUT2D eigenvalue weighted by atomic mass is 10.1. The Labute approximate surface area is 124 Å². The highest BCUT2D eigenvalue weighted by Crippen LogP contribution is 2.12. The number of carbonyl (C=O) groups excluding carboxylic acids is 2. The predicted octanol–water partition coefficient (Wildman–Crippen LogP) is 3.17. The van der Waals surface area contributed by atoms with Crippen LogP contribution in [0.3, 0.4) is 0 Å². The second-order valence-corrected chi connectivity index (χ2v) is 5.08. The first-order chi connectivity index (χ1) is 9.56. The molecular weight excluding hydrogens is 276 g/mol. The van der Waals surface area contributed by atoms with Gasteiger partial charge in [-0.1, -0.05) is 13.0 Å². The molecule has 1 rings (SSSR count). The summed E-state index contributed by atoms with van der Waals surface area (Å²) in [6, 6.07) is 7.05. The van der Waals surface area contributed by atoms with Crippen molar-refractivity contribution in [3.8, 4) is 0 Å². The summed E-state index contributed by atoms with van der Waals surface area (Å²) in [5.41, 5.74) is 1.17. The van der Waals surface area contributed by atoms with Crippen LogP contribution in [0, 0.1) is 0 Å². The standard InChI is InChI=1S/C15H21ClN2O2/c1-3-11(2)17-15(20)12-6-4-7-13(10-12)18-14(19)8-5-9-16/h4,6-7,10-11H,3,5,8-9H2,1-2H3,(H,17,20)(H,18,19). The zero-order valence-corrected chi connectivity index (χ0v) is 12.7. The van der Waals surface area contributed by atoms with Gasteiger partial charge in [0, 0.05) is 29.6 Å². The molecule has 0 bridgehead atoms. The Hall–Kier alpha value is -1.55. The Morgan fingerprint density at radius 2 is 2.10 bits per heavy atom. The number of amides is 2. The van der Waals surface area contributed by atoms with Gasteiger partial charge in [0.05, 0.1) is 0 Å². The van der Waals surface area contributed by atoms with Gasteiger partial charge in [0.1, 0.15) is 0 Å². The number of halogens is 1. The number of carbonyl (C=O) groups is 2. The summed E-state index contributed by atoms with van der Waals surface area (Å²) in [6.07, 6.45) is 1.90. The van der Waals surface area contributed by atoms with Crippen LogP contribution in [-0.4, -0.2) is 23.7 Å². The van der Waals surface area contributed by atoms with Crippen molar-refractivity contribution in [2.45, 2.75) is 39.2 Å². The number of rotatable bonds is 7. The van der Waals surface area contributed by atoms with Gasteiger partial charge < -0.3 is 10.6 Å². The van der Waals surface area contributed by atoms with E-state index in [-0.39, 0.29) is 17.9 Å². The third kappa shape index (κ3) is 5.61. The van der Waals surface area contributed by atoms with Crippen LogP contribution in [0.15, 0.2) is 24.3 Å². The minimum absolute atomic E-state index is 0.0925. The van der Waals surface area contributed by atoms with Crippen LogP contribution in [0.1, 0.15) is 43.5 Å². The highest BCUT2D eigenvalue weighted by atomic mass is 35.5. The van der Waals surface area contributed by atoms with Gasteiger partial charge in [-0.2, -0.15) is 0 Å². The number of benzene rings is 1. The molecule has 1 aromatic rings. The van der Waals surface area contributed by atoms with Gasteiger partial charge in [-0.25, -0.2) is 0 Å². The fourth-order valence-corrected chi connectivity index (χ4v) is 1.73. The minimum atomic E-state index is -0.129. The summed E-state index contributed by atoms with van der Waals surface area (Å²) < 4.78 is 0. The Kier molecular flexibility index (Phi) is 7.09. The molecule has 0 aliphatic carbocycles. The molecule has 20 heavy (non-hydrogen) atoms. The van der Waals surface area contributed by atoms with Gasteiger partial charge in [0.25, 0.3) is 5.91 Å². The molecule has 0 aliphatic rings. The van der Waals surface area contributed by atoms with Crippen LogP contribution in [0.2, 0.25) is 0 Å². The van der Waals surface area contributed by atoms with Gasteiger partial charge in [-0.3, -0.25) is 9.59 Å². The zero-order valence-electron chi connectivity index (χ0n) is 11.9. The molecule has 0 aromatic heterocycles. The summed E-state index contributed by atoms with van der Waals surface area (Å²) in [5.74, 6) is 0.242. The third-order valence-corrected chi connectivity index (χ3v) is 3.20. The highest BCUT2D eigenvalue weighted by Gasteiger charge is 2.09. The number of nitrogens with one attached hydrogen (secondary N) is 2. The van der Waals surface area contributed by atoms with E-state index in [9.17, 15) is 9.59 Å². The minimum Gasteiger partial charge on any atom is -0.350 e. The van der Waals surface area contributed by atoms with Crippen molar-refractivity contribution >= 4 is 29.1 Å². The second kappa shape index (κ2) is 8.59. The zero-order chi connectivity index (χ0) is 15.0. The summed E-state index contributed by atoms with van der Waals surface area (Å²) in [4.78, 5) is 23.6. The van der Waals surface area contributed by atoms with Crippen molar-refractivity contribution < 1.29 is 9.59 Å². The van der Waals surface area contributed by atoms with Gasteiger partial charge in [0.2, 0.25) is 5.91 Å². The van der Waals surface area contributed by atoms with Crippen LogP contribution < -0.4 is 10.6 Å². The van der Waals surface area contributed by atoms with E-state index in [1.54, 1.807) is 24.3 Å². The first-order valence-corrected chi connectivity index (χ1v) is 7.37. The van der Waals surface area contributed by atoms with Crippen molar-refractivity contribution in [3.63, 3.8) is 0 Å². The van der Waals surface area contributed by atoms with E-state index in [4.69, 9.17) is 11.6 Å². The van der Waals surface area contributed by atoms with E-state index < -0.39 is 0 Å². The number of alkyl halides is 1. The monoisotopic (exact) mass is 296 g/mol. The quantitative estimate of drug-likeness (QED) is 0.759. The normalized spacial score (nSPS) is 11.8. The van der Waals surface area contributed by atoms with Crippen molar-refractivity contribution in [2.24, 2.45) is 0 Å². The molecule has 0 saturated carbocycles. The largest absolute Gasteiger partial charge is 0.350 e. The molecule has 0 heterocycles. The van der Waals surface area contributed by atoms with Crippen LogP contribution in [0.5, 0.6) is 0 Å². The maximum absolute atomic E-state index is 12.0. The molecule has 2 amide bonds. The van der Waals surface area contributed by atoms with Crippen LogP contribution in [0.4, 0.5) is 5.69 Å². The van der Waals surface area contributed by atoms with Gasteiger partial charge in [-0.15, -0.1) is 11.6 Å². The van der Waals surface area contributed by atoms with E-state index in [2.05, 4.69) is 10.6 Å². The van der Waals surface area contributed by atoms with Gasteiger partial charge in [-0.05, 0) is 38.0 Å². The molecular formula is C15H21ClN2O2. The molecule has 1 unspecified atom stereocenters. The fourth-order valence-electron chi connectivity index (χ4n) is 1.60. The summed E-state index contributed by atoms with van der Waals surface area (Å²) >= 11 is 5.54.